The minimum atomic E-state index is -0.616. The molecule has 0 spiro atoms. The summed E-state index contributed by atoms with van der Waals surface area (Å²) >= 11 is 0. The number of rotatable bonds is 6. The topological polar surface area (TPSA) is 54.9 Å². The van der Waals surface area contributed by atoms with Crippen molar-refractivity contribution >= 4 is 11.6 Å². The largest absolute Gasteiger partial charge is 0.497 e. The fourth-order valence-corrected chi connectivity index (χ4v) is 2.19. The molecule has 0 fully saturated rings. The van der Waals surface area contributed by atoms with Crippen LogP contribution >= 0.6 is 0 Å². The first-order chi connectivity index (χ1) is 11.0. The Hall–Kier alpha value is -2.47. The average Bonchev–Trinajstić information content (AvgIpc) is 2.53. The first-order valence-electron chi connectivity index (χ1n) is 7.22. The predicted octanol–water partition coefficient (Wildman–Crippen LogP) is 2.24. The van der Waals surface area contributed by atoms with Crippen LogP contribution in [0.15, 0.2) is 42.5 Å². The molecule has 23 heavy (non-hydrogen) atoms. The summed E-state index contributed by atoms with van der Waals surface area (Å²) in [4.78, 5) is 11.9. The average molecular weight is 321 g/mol. The van der Waals surface area contributed by atoms with E-state index in [4.69, 9.17) is 4.74 Å². The standard InChI is InChI=1S/C17H18F2N2O2/c1-11(15-7-6-12(18)8-16(15)19)20-10-17(22)21-13-4-3-5-14(9-13)23-2/h3-9,11,20H,10H2,1-2H3,(H,21,22)/p+1/t11-/m0/s1. The SMILES string of the molecule is COc1cccc(NC(=O)C[NH2+][C@@H](C)c2ccc(F)cc2F)c1. The number of anilines is 1. The summed E-state index contributed by atoms with van der Waals surface area (Å²) in [6.07, 6.45) is 0. The molecule has 0 saturated carbocycles. The molecule has 4 nitrogen and oxygen atoms in total. The minimum Gasteiger partial charge on any atom is -0.497 e. The van der Waals surface area contributed by atoms with Crippen molar-refractivity contribution in [3.05, 3.63) is 59.7 Å². The highest BCUT2D eigenvalue weighted by Crippen LogP contribution is 2.16. The minimum absolute atomic E-state index is 0.120. The van der Waals surface area contributed by atoms with E-state index in [-0.39, 0.29) is 18.5 Å². The quantitative estimate of drug-likeness (QED) is 0.857. The predicted molar refractivity (Wildman–Crippen MR) is 83.2 cm³/mol. The molecular weight excluding hydrogens is 302 g/mol. The Labute approximate surface area is 133 Å². The Kier molecular flexibility index (Phi) is 5.65. The van der Waals surface area contributed by atoms with E-state index in [1.807, 2.05) is 0 Å². The molecule has 1 atom stereocenters. The molecule has 0 aliphatic carbocycles. The maximum atomic E-state index is 13.7. The van der Waals surface area contributed by atoms with Gasteiger partial charge in [0.1, 0.15) is 23.4 Å². The van der Waals surface area contributed by atoms with E-state index in [2.05, 4.69) is 5.32 Å². The van der Waals surface area contributed by atoms with E-state index in [1.165, 1.54) is 12.1 Å². The number of carbonyl (C=O) groups is 1. The van der Waals surface area contributed by atoms with Crippen molar-refractivity contribution in [1.29, 1.82) is 0 Å². The summed E-state index contributed by atoms with van der Waals surface area (Å²) in [6.45, 7) is 1.88. The smallest absolute Gasteiger partial charge is 0.279 e. The lowest BCUT2D eigenvalue weighted by molar-refractivity contribution is -0.682. The number of nitrogens with one attached hydrogen (secondary N) is 1. The molecule has 2 rings (SSSR count). The molecule has 0 aliphatic heterocycles. The Balaban J connectivity index is 1.90. The number of amides is 1. The number of hydrogen-bond donors (Lipinski definition) is 2. The molecule has 2 aromatic rings. The van der Waals surface area contributed by atoms with Gasteiger partial charge in [-0.1, -0.05) is 6.07 Å². The monoisotopic (exact) mass is 321 g/mol. The summed E-state index contributed by atoms with van der Waals surface area (Å²) in [5.74, 6) is -0.794. The van der Waals surface area contributed by atoms with E-state index < -0.39 is 11.6 Å². The normalized spacial score (nSPS) is 11.8. The highest BCUT2D eigenvalue weighted by atomic mass is 19.1. The second-order valence-electron chi connectivity index (χ2n) is 5.17. The van der Waals surface area contributed by atoms with Crippen LogP contribution < -0.4 is 15.4 Å². The zero-order valence-electron chi connectivity index (χ0n) is 13.0. The molecule has 0 aromatic heterocycles. The molecule has 1 amide bonds. The van der Waals surface area contributed by atoms with Gasteiger partial charge in [-0.05, 0) is 31.2 Å². The fraction of sp³-hybridized carbons (Fsp3) is 0.235. The molecule has 0 saturated heterocycles. The summed E-state index contributed by atoms with van der Waals surface area (Å²) < 4.78 is 31.7. The molecule has 2 aromatic carbocycles. The number of benzene rings is 2. The van der Waals surface area contributed by atoms with E-state index in [9.17, 15) is 13.6 Å². The van der Waals surface area contributed by atoms with Gasteiger partial charge in [-0.3, -0.25) is 4.79 Å². The van der Waals surface area contributed by atoms with E-state index in [0.717, 1.165) is 6.07 Å². The molecule has 6 heteroatoms. The van der Waals surface area contributed by atoms with Crippen molar-refractivity contribution < 1.29 is 23.6 Å². The van der Waals surface area contributed by atoms with Gasteiger partial charge in [-0.25, -0.2) is 8.78 Å². The zero-order valence-corrected chi connectivity index (χ0v) is 13.0. The molecule has 122 valence electrons. The molecular formula is C17H19F2N2O2+. The summed E-state index contributed by atoms with van der Waals surface area (Å²) in [5.41, 5.74) is 0.990. The van der Waals surface area contributed by atoms with Crippen molar-refractivity contribution in [3.63, 3.8) is 0 Å². The van der Waals surface area contributed by atoms with Gasteiger partial charge in [0.05, 0.1) is 7.11 Å². The van der Waals surface area contributed by atoms with Gasteiger partial charge in [0, 0.05) is 23.4 Å². The second kappa shape index (κ2) is 7.69. The maximum absolute atomic E-state index is 13.7. The van der Waals surface area contributed by atoms with Crippen molar-refractivity contribution in [2.24, 2.45) is 0 Å². The maximum Gasteiger partial charge on any atom is 0.279 e. The highest BCUT2D eigenvalue weighted by Gasteiger charge is 2.16. The van der Waals surface area contributed by atoms with Crippen molar-refractivity contribution in [1.82, 2.24) is 0 Å². The Morgan fingerprint density at radius 1 is 1.26 bits per heavy atom. The second-order valence-corrected chi connectivity index (χ2v) is 5.17. The first-order valence-corrected chi connectivity index (χ1v) is 7.22. The molecule has 0 heterocycles. The van der Waals surface area contributed by atoms with Gasteiger partial charge in [0.2, 0.25) is 0 Å². The van der Waals surface area contributed by atoms with Crippen LogP contribution in [-0.2, 0) is 4.79 Å². The Morgan fingerprint density at radius 3 is 2.74 bits per heavy atom. The zero-order chi connectivity index (χ0) is 16.8. The van der Waals surface area contributed by atoms with Crippen LogP contribution in [0.25, 0.3) is 0 Å². The van der Waals surface area contributed by atoms with Gasteiger partial charge < -0.3 is 15.4 Å². The van der Waals surface area contributed by atoms with E-state index in [1.54, 1.807) is 43.6 Å². The number of halogens is 2. The van der Waals surface area contributed by atoms with Gasteiger partial charge in [-0.2, -0.15) is 0 Å². The van der Waals surface area contributed by atoms with Crippen LogP contribution in [0.1, 0.15) is 18.5 Å². The lowest BCUT2D eigenvalue weighted by Crippen LogP contribution is -2.86. The highest BCUT2D eigenvalue weighted by molar-refractivity contribution is 5.91. The van der Waals surface area contributed by atoms with Gasteiger partial charge in [0.15, 0.2) is 6.54 Å². The van der Waals surface area contributed by atoms with Gasteiger partial charge in [0.25, 0.3) is 5.91 Å². The fourth-order valence-electron chi connectivity index (χ4n) is 2.19. The molecule has 0 radical (unpaired) electrons. The number of nitrogens with two attached hydrogens (primary N) is 1. The van der Waals surface area contributed by atoms with Crippen LogP contribution in [-0.4, -0.2) is 19.6 Å². The Morgan fingerprint density at radius 2 is 2.04 bits per heavy atom. The number of hydrogen-bond acceptors (Lipinski definition) is 2. The summed E-state index contributed by atoms with van der Waals surface area (Å²) in [6, 6.07) is 10.2. The number of carbonyl (C=O) groups excluding carboxylic acids is 1. The van der Waals surface area contributed by atoms with Gasteiger partial charge >= 0.3 is 0 Å². The third kappa shape index (κ3) is 4.75. The number of quaternary nitrogens is 1. The van der Waals surface area contributed by atoms with Crippen molar-refractivity contribution in [2.45, 2.75) is 13.0 Å². The van der Waals surface area contributed by atoms with Gasteiger partial charge in [-0.15, -0.1) is 0 Å². The van der Waals surface area contributed by atoms with Crippen molar-refractivity contribution in [3.8, 4) is 5.75 Å². The lowest BCUT2D eigenvalue weighted by atomic mass is 10.1. The molecule has 0 bridgehead atoms. The molecule has 3 N–H and O–H groups in total. The van der Waals surface area contributed by atoms with Crippen LogP contribution in [0.3, 0.4) is 0 Å². The van der Waals surface area contributed by atoms with E-state index >= 15 is 0 Å². The van der Waals surface area contributed by atoms with Crippen LogP contribution in [0.2, 0.25) is 0 Å². The van der Waals surface area contributed by atoms with Crippen LogP contribution in [0, 0.1) is 11.6 Å². The lowest BCUT2D eigenvalue weighted by Gasteiger charge is -2.12. The number of methoxy groups -OCH3 is 1. The molecule has 0 unspecified atom stereocenters. The summed E-state index contributed by atoms with van der Waals surface area (Å²) in [5, 5.41) is 4.43. The Bertz CT molecular complexity index is 692. The third-order valence-electron chi connectivity index (χ3n) is 3.46. The van der Waals surface area contributed by atoms with Crippen LogP contribution in [0.5, 0.6) is 5.75 Å². The molecule has 0 aliphatic rings. The number of ether oxygens (including phenoxy) is 1. The third-order valence-corrected chi connectivity index (χ3v) is 3.46. The van der Waals surface area contributed by atoms with Crippen molar-refractivity contribution in [2.75, 3.05) is 19.0 Å². The first kappa shape index (κ1) is 16.9. The van der Waals surface area contributed by atoms with Crippen LogP contribution in [0.4, 0.5) is 14.5 Å². The van der Waals surface area contributed by atoms with E-state index in [0.29, 0.717) is 17.0 Å². The summed E-state index contributed by atoms with van der Waals surface area (Å²) in [7, 11) is 1.55.